The largest absolute Gasteiger partial charge is 0.461 e. The van der Waals surface area contributed by atoms with Crippen molar-refractivity contribution in [3.63, 3.8) is 0 Å². The molecule has 18 heavy (non-hydrogen) atoms. The molecule has 0 spiro atoms. The minimum absolute atomic E-state index is 0. The van der Waals surface area contributed by atoms with Gasteiger partial charge in [-0.15, -0.1) is 12.4 Å². The fraction of sp³-hybridized carbons (Fsp3) is 0.500. The Morgan fingerprint density at radius 2 is 2.11 bits per heavy atom. The van der Waals surface area contributed by atoms with Gasteiger partial charge in [-0.2, -0.15) is 4.98 Å². The van der Waals surface area contributed by atoms with Gasteiger partial charge in [0.1, 0.15) is 0 Å². The second-order valence-corrected chi connectivity index (χ2v) is 4.59. The van der Waals surface area contributed by atoms with Crippen molar-refractivity contribution < 1.29 is 8.94 Å². The zero-order valence-electron chi connectivity index (χ0n) is 9.96. The van der Waals surface area contributed by atoms with Crippen LogP contribution < -0.4 is 5.73 Å². The number of nitrogens with zero attached hydrogens (tertiary/aromatic N) is 2. The average molecular weight is 270 g/mol. The third-order valence-electron chi connectivity index (χ3n) is 3.57. The van der Waals surface area contributed by atoms with E-state index >= 15 is 0 Å². The normalized spacial score (nSPS) is 17.6. The molecule has 0 bridgehead atoms. The van der Waals surface area contributed by atoms with Gasteiger partial charge >= 0.3 is 0 Å². The monoisotopic (exact) mass is 269 g/mol. The second-order valence-electron chi connectivity index (χ2n) is 4.59. The van der Waals surface area contributed by atoms with Gasteiger partial charge in [0, 0.05) is 6.54 Å². The molecule has 1 aliphatic carbocycles. The van der Waals surface area contributed by atoms with Crippen LogP contribution in [0.3, 0.4) is 0 Å². The van der Waals surface area contributed by atoms with Gasteiger partial charge in [-0.25, -0.2) is 0 Å². The van der Waals surface area contributed by atoms with Gasteiger partial charge in [-0.3, -0.25) is 0 Å². The predicted octanol–water partition coefficient (Wildman–Crippen LogP) is 2.52. The summed E-state index contributed by atoms with van der Waals surface area (Å²) < 4.78 is 10.6. The molecule has 6 heteroatoms. The highest BCUT2D eigenvalue weighted by atomic mass is 35.5. The Kier molecular flexibility index (Phi) is 3.73. The van der Waals surface area contributed by atoms with Crippen LogP contribution >= 0.6 is 12.4 Å². The summed E-state index contributed by atoms with van der Waals surface area (Å²) in [5.74, 6) is 1.79. The predicted molar refractivity (Wildman–Crippen MR) is 68.4 cm³/mol. The van der Waals surface area contributed by atoms with E-state index in [1.807, 2.05) is 6.07 Å². The van der Waals surface area contributed by atoms with Crippen molar-refractivity contribution in [1.29, 1.82) is 0 Å². The lowest BCUT2D eigenvalue weighted by Gasteiger charge is -2.21. The summed E-state index contributed by atoms with van der Waals surface area (Å²) in [6.45, 7) is 0.562. The van der Waals surface area contributed by atoms with E-state index in [9.17, 15) is 0 Å². The van der Waals surface area contributed by atoms with Crippen LogP contribution in [0.25, 0.3) is 11.6 Å². The molecule has 98 valence electrons. The van der Waals surface area contributed by atoms with Crippen LogP contribution in [0.5, 0.6) is 0 Å². The Labute approximate surface area is 111 Å². The van der Waals surface area contributed by atoms with Crippen molar-refractivity contribution in [2.45, 2.75) is 31.1 Å². The summed E-state index contributed by atoms with van der Waals surface area (Å²) in [6.07, 6.45) is 6.01. The van der Waals surface area contributed by atoms with Crippen LogP contribution in [0, 0.1) is 0 Å². The van der Waals surface area contributed by atoms with Crippen LogP contribution in [0.1, 0.15) is 31.6 Å². The lowest BCUT2D eigenvalue weighted by atomic mass is 9.86. The molecular formula is C12H16ClN3O2. The van der Waals surface area contributed by atoms with E-state index in [1.54, 1.807) is 12.3 Å². The molecule has 2 heterocycles. The third kappa shape index (κ3) is 2.04. The first-order valence-corrected chi connectivity index (χ1v) is 5.92. The van der Waals surface area contributed by atoms with Crippen LogP contribution in [0.15, 0.2) is 27.3 Å². The smallest absolute Gasteiger partial charge is 0.238 e. The maximum Gasteiger partial charge on any atom is 0.238 e. The molecule has 5 nitrogen and oxygen atoms in total. The average Bonchev–Trinajstić information content (AvgIpc) is 3.10. The molecule has 2 N–H and O–H groups in total. The van der Waals surface area contributed by atoms with E-state index in [2.05, 4.69) is 10.1 Å². The molecule has 2 aromatic rings. The maximum atomic E-state index is 5.88. The van der Waals surface area contributed by atoms with E-state index in [0.717, 1.165) is 12.8 Å². The number of halogens is 1. The molecule has 0 saturated heterocycles. The minimum atomic E-state index is -0.113. The maximum absolute atomic E-state index is 5.88. The lowest BCUT2D eigenvalue weighted by Crippen LogP contribution is -2.32. The first-order valence-electron chi connectivity index (χ1n) is 5.92. The van der Waals surface area contributed by atoms with E-state index in [4.69, 9.17) is 14.7 Å². The number of furan rings is 1. The van der Waals surface area contributed by atoms with E-state index in [1.165, 1.54) is 12.8 Å². The summed E-state index contributed by atoms with van der Waals surface area (Å²) in [4.78, 5) is 4.43. The van der Waals surface area contributed by atoms with Gasteiger partial charge in [-0.05, 0) is 25.0 Å². The second kappa shape index (κ2) is 5.12. The third-order valence-corrected chi connectivity index (χ3v) is 3.57. The molecule has 1 aliphatic rings. The van der Waals surface area contributed by atoms with Gasteiger partial charge < -0.3 is 14.7 Å². The Balaban J connectivity index is 0.00000120. The lowest BCUT2D eigenvalue weighted by molar-refractivity contribution is 0.284. The zero-order chi connectivity index (χ0) is 11.7. The Morgan fingerprint density at radius 1 is 1.33 bits per heavy atom. The SMILES string of the molecule is Cl.NCC1(c2nc(-c3ccco3)no2)CCCC1. The standard InChI is InChI=1S/C12H15N3O2.ClH/c13-8-12(5-1-2-6-12)11-14-10(15-17-11)9-4-3-7-16-9;/h3-4,7H,1-2,5-6,8,13H2;1H. The van der Waals surface area contributed by atoms with Crippen molar-refractivity contribution in [1.82, 2.24) is 10.1 Å². The number of hydrogen-bond acceptors (Lipinski definition) is 5. The van der Waals surface area contributed by atoms with Crippen molar-refractivity contribution >= 4 is 12.4 Å². The molecule has 0 amide bonds. The molecule has 0 radical (unpaired) electrons. The van der Waals surface area contributed by atoms with Gasteiger partial charge in [-0.1, -0.05) is 18.0 Å². The number of nitrogens with two attached hydrogens (primary N) is 1. The van der Waals surface area contributed by atoms with Gasteiger partial charge in [0.15, 0.2) is 5.76 Å². The molecule has 0 atom stereocenters. The van der Waals surface area contributed by atoms with Gasteiger partial charge in [0.25, 0.3) is 0 Å². The van der Waals surface area contributed by atoms with Crippen LogP contribution in [0.4, 0.5) is 0 Å². The van der Waals surface area contributed by atoms with Gasteiger partial charge in [0.05, 0.1) is 11.7 Å². The topological polar surface area (TPSA) is 78.1 Å². The first kappa shape index (κ1) is 13.1. The molecule has 3 rings (SSSR count). The molecule has 0 aromatic carbocycles. The first-order chi connectivity index (χ1) is 8.34. The van der Waals surface area contributed by atoms with Crippen LogP contribution in [0.2, 0.25) is 0 Å². The quantitative estimate of drug-likeness (QED) is 0.926. The van der Waals surface area contributed by atoms with Crippen molar-refractivity contribution in [2.75, 3.05) is 6.54 Å². The van der Waals surface area contributed by atoms with Gasteiger partial charge in [0.2, 0.25) is 11.7 Å². The summed E-state index contributed by atoms with van der Waals surface area (Å²) in [7, 11) is 0. The van der Waals surface area contributed by atoms with E-state index in [0.29, 0.717) is 24.0 Å². The Morgan fingerprint density at radius 3 is 2.72 bits per heavy atom. The summed E-state index contributed by atoms with van der Waals surface area (Å²) in [5.41, 5.74) is 5.76. The number of rotatable bonds is 3. The molecular weight excluding hydrogens is 254 g/mol. The zero-order valence-corrected chi connectivity index (χ0v) is 10.8. The van der Waals surface area contributed by atoms with Crippen LogP contribution in [-0.4, -0.2) is 16.7 Å². The van der Waals surface area contributed by atoms with Crippen molar-refractivity contribution in [3.8, 4) is 11.6 Å². The van der Waals surface area contributed by atoms with Crippen molar-refractivity contribution in [2.24, 2.45) is 5.73 Å². The Bertz CT molecular complexity index is 489. The highest BCUT2D eigenvalue weighted by molar-refractivity contribution is 5.85. The summed E-state index contributed by atoms with van der Waals surface area (Å²) in [6, 6.07) is 3.62. The van der Waals surface area contributed by atoms with E-state index in [-0.39, 0.29) is 17.8 Å². The number of hydrogen-bond donors (Lipinski definition) is 1. The van der Waals surface area contributed by atoms with Crippen molar-refractivity contribution in [3.05, 3.63) is 24.3 Å². The molecule has 2 aromatic heterocycles. The molecule has 0 aliphatic heterocycles. The molecule has 0 unspecified atom stereocenters. The fourth-order valence-electron chi connectivity index (χ4n) is 2.50. The highest BCUT2D eigenvalue weighted by Gasteiger charge is 2.39. The van der Waals surface area contributed by atoms with Crippen LogP contribution in [-0.2, 0) is 5.41 Å². The van der Waals surface area contributed by atoms with E-state index < -0.39 is 0 Å². The number of aromatic nitrogens is 2. The molecule has 1 saturated carbocycles. The minimum Gasteiger partial charge on any atom is -0.461 e. The molecule has 1 fully saturated rings. The summed E-state index contributed by atoms with van der Waals surface area (Å²) in [5, 5.41) is 3.96. The summed E-state index contributed by atoms with van der Waals surface area (Å²) >= 11 is 0. The fourth-order valence-corrected chi connectivity index (χ4v) is 2.50. The Hall–Kier alpha value is -1.33. The highest BCUT2D eigenvalue weighted by Crippen LogP contribution is 2.39.